The first kappa shape index (κ1) is 16.7. The maximum Gasteiger partial charge on any atom is 0.225 e. The third kappa shape index (κ3) is 4.42. The minimum atomic E-state index is -0.492. The molecular weight excluding hydrogens is 285 g/mol. The van der Waals surface area contributed by atoms with Crippen molar-refractivity contribution in [1.29, 1.82) is 0 Å². The van der Waals surface area contributed by atoms with Crippen LogP contribution in [0.15, 0.2) is 18.2 Å². The molecule has 1 atom stereocenters. The number of hydrogen-bond acceptors (Lipinski definition) is 4. The Morgan fingerprint density at radius 3 is 3.05 bits per heavy atom. The molecule has 1 aliphatic rings. The van der Waals surface area contributed by atoms with Gasteiger partial charge in [0, 0.05) is 37.2 Å². The number of carbonyl (C=O) groups excluding carboxylic acids is 1. The molecule has 1 aliphatic heterocycles. The lowest BCUT2D eigenvalue weighted by Gasteiger charge is -2.39. The molecule has 1 fully saturated rings. The van der Waals surface area contributed by atoms with E-state index < -0.39 is 5.82 Å². The quantitative estimate of drug-likeness (QED) is 0.725. The van der Waals surface area contributed by atoms with E-state index in [1.165, 1.54) is 18.2 Å². The predicted octanol–water partition coefficient (Wildman–Crippen LogP) is 1.83. The minimum Gasteiger partial charge on any atom is -0.399 e. The second kappa shape index (κ2) is 7.07. The van der Waals surface area contributed by atoms with E-state index in [1.807, 2.05) is 0 Å². The number of likely N-dealkylation sites (tertiary alicyclic amines) is 1. The van der Waals surface area contributed by atoms with E-state index in [2.05, 4.69) is 17.1 Å². The summed E-state index contributed by atoms with van der Waals surface area (Å²) < 4.78 is 13.6. The molecule has 2 rings (SSSR count). The van der Waals surface area contributed by atoms with Crippen molar-refractivity contribution in [3.63, 3.8) is 0 Å². The molecule has 0 aliphatic carbocycles. The van der Waals surface area contributed by atoms with E-state index in [-0.39, 0.29) is 30.0 Å². The largest absolute Gasteiger partial charge is 0.399 e. The number of amides is 1. The second-order valence-electron chi connectivity index (χ2n) is 6.39. The molecule has 1 saturated heterocycles. The highest BCUT2D eigenvalue weighted by Crippen LogP contribution is 2.28. The number of nitrogens with two attached hydrogens (primary N) is 1. The van der Waals surface area contributed by atoms with Gasteiger partial charge in [0.25, 0.3) is 0 Å². The first-order chi connectivity index (χ1) is 10.4. The minimum absolute atomic E-state index is 0.0886. The van der Waals surface area contributed by atoms with Crippen LogP contribution in [0.2, 0.25) is 0 Å². The molecule has 1 heterocycles. The van der Waals surface area contributed by atoms with Crippen LogP contribution in [0, 0.1) is 11.2 Å². The number of benzene rings is 1. The Bertz CT molecular complexity index is 538. The van der Waals surface area contributed by atoms with Crippen LogP contribution in [0.3, 0.4) is 0 Å². The number of aliphatic hydroxyl groups is 1. The van der Waals surface area contributed by atoms with Gasteiger partial charge >= 0.3 is 0 Å². The molecule has 122 valence electrons. The summed E-state index contributed by atoms with van der Waals surface area (Å²) in [6.45, 7) is 4.52. The van der Waals surface area contributed by atoms with Gasteiger partial charge in [0.1, 0.15) is 5.82 Å². The van der Waals surface area contributed by atoms with Crippen molar-refractivity contribution in [1.82, 2.24) is 4.90 Å². The van der Waals surface area contributed by atoms with Gasteiger partial charge in [0.15, 0.2) is 0 Å². The number of nitrogens with one attached hydrogen (secondary N) is 1. The summed E-state index contributed by atoms with van der Waals surface area (Å²) in [4.78, 5) is 14.1. The van der Waals surface area contributed by atoms with Crippen LogP contribution >= 0.6 is 0 Å². The molecule has 1 aromatic rings. The van der Waals surface area contributed by atoms with Crippen molar-refractivity contribution in [2.75, 3.05) is 37.3 Å². The summed E-state index contributed by atoms with van der Waals surface area (Å²) in [6.07, 6.45) is 2.30. The molecule has 1 amide bonds. The van der Waals surface area contributed by atoms with E-state index in [0.29, 0.717) is 12.2 Å². The molecule has 0 spiro atoms. The Morgan fingerprint density at radius 1 is 1.55 bits per heavy atom. The van der Waals surface area contributed by atoms with Crippen molar-refractivity contribution in [2.24, 2.45) is 5.41 Å². The fourth-order valence-corrected chi connectivity index (χ4v) is 2.86. The van der Waals surface area contributed by atoms with E-state index in [1.54, 1.807) is 0 Å². The number of hydrogen-bond donors (Lipinski definition) is 3. The van der Waals surface area contributed by atoms with Gasteiger partial charge in [-0.05, 0) is 37.6 Å². The lowest BCUT2D eigenvalue weighted by molar-refractivity contribution is -0.116. The zero-order valence-corrected chi connectivity index (χ0v) is 12.9. The van der Waals surface area contributed by atoms with Crippen LogP contribution in [-0.4, -0.2) is 42.2 Å². The Morgan fingerprint density at radius 2 is 2.32 bits per heavy atom. The topological polar surface area (TPSA) is 78.6 Å². The average Bonchev–Trinajstić information content (AvgIpc) is 2.49. The number of nitrogens with zero attached hydrogens (tertiary/aromatic N) is 1. The molecule has 1 aromatic carbocycles. The van der Waals surface area contributed by atoms with Gasteiger partial charge in [0.2, 0.25) is 5.91 Å². The standard InChI is InChI=1S/C16H24FN3O2/c1-16(11-21)6-2-7-20(10-16)8-5-15(22)19-14-9-12(18)3-4-13(14)17/h3-4,9,21H,2,5-8,10-11,18H2,1H3,(H,19,22). The van der Waals surface area contributed by atoms with Crippen LogP contribution in [0.1, 0.15) is 26.2 Å². The fraction of sp³-hybridized carbons (Fsp3) is 0.562. The monoisotopic (exact) mass is 309 g/mol. The van der Waals surface area contributed by atoms with Gasteiger partial charge in [-0.1, -0.05) is 6.92 Å². The molecule has 5 nitrogen and oxygen atoms in total. The first-order valence-electron chi connectivity index (χ1n) is 7.60. The van der Waals surface area contributed by atoms with E-state index >= 15 is 0 Å². The zero-order chi connectivity index (χ0) is 16.2. The number of aliphatic hydroxyl groups excluding tert-OH is 1. The normalized spacial score (nSPS) is 22.5. The number of halogens is 1. The van der Waals surface area contributed by atoms with Gasteiger partial charge in [-0.3, -0.25) is 4.79 Å². The maximum absolute atomic E-state index is 13.6. The van der Waals surface area contributed by atoms with Crippen molar-refractivity contribution in [2.45, 2.75) is 26.2 Å². The highest BCUT2D eigenvalue weighted by atomic mass is 19.1. The third-order valence-corrected chi connectivity index (χ3v) is 4.16. The van der Waals surface area contributed by atoms with Gasteiger partial charge in [-0.15, -0.1) is 0 Å². The molecule has 0 bridgehead atoms. The molecular formula is C16H24FN3O2. The van der Waals surface area contributed by atoms with Crippen LogP contribution in [-0.2, 0) is 4.79 Å². The Balaban J connectivity index is 1.84. The smallest absolute Gasteiger partial charge is 0.225 e. The van der Waals surface area contributed by atoms with Gasteiger partial charge in [-0.2, -0.15) is 0 Å². The summed E-state index contributed by atoms with van der Waals surface area (Å²) in [7, 11) is 0. The number of carbonyl (C=O) groups is 1. The van der Waals surface area contributed by atoms with Crippen LogP contribution < -0.4 is 11.1 Å². The number of nitrogen functional groups attached to an aromatic ring is 1. The van der Waals surface area contributed by atoms with Crippen LogP contribution in [0.4, 0.5) is 15.8 Å². The SMILES string of the molecule is CC1(CO)CCCN(CCC(=O)Nc2cc(N)ccc2F)C1. The van der Waals surface area contributed by atoms with Gasteiger partial charge < -0.3 is 21.1 Å². The van der Waals surface area contributed by atoms with Gasteiger partial charge in [-0.25, -0.2) is 4.39 Å². The molecule has 0 radical (unpaired) electrons. The zero-order valence-electron chi connectivity index (χ0n) is 12.9. The van der Waals surface area contributed by atoms with Crippen molar-refractivity contribution >= 4 is 17.3 Å². The summed E-state index contributed by atoms with van der Waals surface area (Å²) in [5.74, 6) is -0.728. The Labute approximate surface area is 130 Å². The highest BCUT2D eigenvalue weighted by molar-refractivity contribution is 5.91. The molecule has 22 heavy (non-hydrogen) atoms. The first-order valence-corrected chi connectivity index (χ1v) is 7.60. The molecule has 0 aromatic heterocycles. The van der Waals surface area contributed by atoms with E-state index in [9.17, 15) is 14.3 Å². The van der Waals surface area contributed by atoms with E-state index in [4.69, 9.17) is 5.73 Å². The van der Waals surface area contributed by atoms with Crippen molar-refractivity contribution in [3.05, 3.63) is 24.0 Å². The van der Waals surface area contributed by atoms with Crippen molar-refractivity contribution < 1.29 is 14.3 Å². The maximum atomic E-state index is 13.6. The van der Waals surface area contributed by atoms with E-state index in [0.717, 1.165) is 25.9 Å². The van der Waals surface area contributed by atoms with Crippen LogP contribution in [0.25, 0.3) is 0 Å². The molecule has 1 unspecified atom stereocenters. The second-order valence-corrected chi connectivity index (χ2v) is 6.39. The Kier molecular flexibility index (Phi) is 5.37. The lowest BCUT2D eigenvalue weighted by Crippen LogP contribution is -2.44. The molecule has 4 N–H and O–H groups in total. The number of anilines is 2. The summed E-state index contributed by atoms with van der Waals surface area (Å²) >= 11 is 0. The molecule has 0 saturated carbocycles. The van der Waals surface area contributed by atoms with Gasteiger partial charge in [0.05, 0.1) is 5.69 Å². The average molecular weight is 309 g/mol. The summed E-state index contributed by atoms with van der Waals surface area (Å²) in [5.41, 5.74) is 6.02. The summed E-state index contributed by atoms with van der Waals surface area (Å²) in [5, 5.41) is 12.0. The predicted molar refractivity (Wildman–Crippen MR) is 84.9 cm³/mol. The summed E-state index contributed by atoms with van der Waals surface area (Å²) in [6, 6.07) is 4.10. The van der Waals surface area contributed by atoms with Crippen LogP contribution in [0.5, 0.6) is 0 Å². The fourth-order valence-electron chi connectivity index (χ4n) is 2.86. The Hall–Kier alpha value is -1.66. The molecule has 6 heteroatoms. The lowest BCUT2D eigenvalue weighted by atomic mass is 9.83. The highest BCUT2D eigenvalue weighted by Gasteiger charge is 2.30. The number of piperidine rings is 1. The number of rotatable bonds is 5. The third-order valence-electron chi connectivity index (χ3n) is 4.16. The van der Waals surface area contributed by atoms with Crippen molar-refractivity contribution in [3.8, 4) is 0 Å².